The van der Waals surface area contributed by atoms with Gasteiger partial charge in [0.15, 0.2) is 11.7 Å². The largest absolute Gasteiger partial charge is 0.509 e. The number of carbonyl (C=O) groups is 2. The normalized spacial score (nSPS) is 20.1. The highest BCUT2D eigenvalue weighted by atomic mass is 32.2. The van der Waals surface area contributed by atoms with Crippen LogP contribution in [0.5, 0.6) is 5.75 Å². The Kier molecular flexibility index (Phi) is 5.82. The molecule has 0 radical (unpaired) electrons. The van der Waals surface area contributed by atoms with Gasteiger partial charge in [0.2, 0.25) is 0 Å². The van der Waals surface area contributed by atoms with E-state index in [4.69, 9.17) is 4.74 Å². The number of aromatic hydroxyl groups is 1. The summed E-state index contributed by atoms with van der Waals surface area (Å²) < 4.78 is 5.22. The Bertz CT molecular complexity index is 1150. The molecule has 0 bridgehead atoms. The topological polar surface area (TPSA) is 143 Å². The smallest absolute Gasteiger partial charge is 0.358 e. The first-order valence-electron chi connectivity index (χ1n) is 9.45. The fraction of sp³-hybridized carbons (Fsp3) is 0.190. The van der Waals surface area contributed by atoms with Gasteiger partial charge in [-0.1, -0.05) is 12.1 Å². The van der Waals surface area contributed by atoms with Crippen molar-refractivity contribution in [3.05, 3.63) is 81.2 Å². The zero-order valence-corrected chi connectivity index (χ0v) is 17.3. The van der Waals surface area contributed by atoms with Crippen LogP contribution in [0.15, 0.2) is 65.0 Å². The summed E-state index contributed by atoms with van der Waals surface area (Å²) in [6.07, 6.45) is 1.40. The first-order chi connectivity index (χ1) is 15.4. The van der Waals surface area contributed by atoms with Crippen molar-refractivity contribution in [2.45, 2.75) is 18.0 Å². The number of rotatable bonds is 6. The molecule has 2 aliphatic rings. The van der Waals surface area contributed by atoms with Crippen LogP contribution in [0.25, 0.3) is 0 Å². The van der Waals surface area contributed by atoms with Gasteiger partial charge in [0.25, 0.3) is 11.6 Å². The molecule has 1 amide bonds. The van der Waals surface area contributed by atoms with E-state index in [9.17, 15) is 29.9 Å². The van der Waals surface area contributed by atoms with Crippen molar-refractivity contribution in [2.24, 2.45) is 4.99 Å². The molecule has 0 spiro atoms. The number of aliphatic hydroxyl groups is 1. The van der Waals surface area contributed by atoms with Crippen LogP contribution >= 0.6 is 11.8 Å². The number of fused-ring (bicyclic) bond motifs is 1. The zero-order valence-electron chi connectivity index (χ0n) is 16.5. The first-order valence-corrected chi connectivity index (χ1v) is 10.5. The average molecular weight is 455 g/mol. The molecule has 0 aliphatic carbocycles. The van der Waals surface area contributed by atoms with E-state index in [2.05, 4.69) is 4.99 Å². The number of non-ortho nitro benzene ring substituents is 1. The number of nitro benzene ring substituents is 1. The average Bonchev–Trinajstić information content (AvgIpc) is 2.79. The van der Waals surface area contributed by atoms with Gasteiger partial charge in [0.05, 0.1) is 10.7 Å². The molecule has 11 heteroatoms. The molecule has 1 fully saturated rings. The molecule has 2 aromatic rings. The highest BCUT2D eigenvalue weighted by molar-refractivity contribution is 8.00. The van der Waals surface area contributed by atoms with E-state index in [-0.39, 0.29) is 35.3 Å². The number of benzene rings is 2. The maximum Gasteiger partial charge on any atom is 0.358 e. The number of phenolic OH excluding ortho intramolecular Hbond substituents is 1. The van der Waals surface area contributed by atoms with Crippen molar-refractivity contribution in [3.8, 4) is 5.75 Å². The van der Waals surface area contributed by atoms with Crippen LogP contribution in [0.2, 0.25) is 0 Å². The van der Waals surface area contributed by atoms with Crippen LogP contribution in [0.4, 0.5) is 5.69 Å². The van der Waals surface area contributed by atoms with Crippen LogP contribution in [0.1, 0.15) is 11.1 Å². The molecule has 0 aromatic heterocycles. The van der Waals surface area contributed by atoms with Gasteiger partial charge in [0.1, 0.15) is 23.5 Å². The summed E-state index contributed by atoms with van der Waals surface area (Å²) in [6.45, 7) is -0.178. The van der Waals surface area contributed by atoms with Crippen molar-refractivity contribution in [3.63, 3.8) is 0 Å². The summed E-state index contributed by atoms with van der Waals surface area (Å²) in [5.74, 6) is -1.47. The molecular formula is C21H17N3O7S. The predicted molar refractivity (Wildman–Crippen MR) is 115 cm³/mol. The van der Waals surface area contributed by atoms with Gasteiger partial charge in [-0.15, -0.1) is 11.8 Å². The third kappa shape index (κ3) is 4.02. The number of nitro groups is 1. The summed E-state index contributed by atoms with van der Waals surface area (Å²) in [7, 11) is 0. The van der Waals surface area contributed by atoms with Gasteiger partial charge in [-0.25, -0.2) is 4.79 Å². The lowest BCUT2D eigenvalue weighted by Crippen LogP contribution is -2.64. The number of hydrogen-bond acceptors (Lipinski definition) is 9. The van der Waals surface area contributed by atoms with Crippen molar-refractivity contribution in [1.82, 2.24) is 4.90 Å². The molecular weight excluding hydrogens is 438 g/mol. The van der Waals surface area contributed by atoms with Crippen LogP contribution < -0.4 is 0 Å². The number of nitrogens with zero attached hydrogens (tertiary/aromatic N) is 3. The van der Waals surface area contributed by atoms with E-state index >= 15 is 0 Å². The number of aliphatic imine (C=N–C) groups is 1. The molecule has 2 N–H and O–H groups in total. The molecule has 10 nitrogen and oxygen atoms in total. The minimum Gasteiger partial charge on any atom is -0.509 e. The van der Waals surface area contributed by atoms with Gasteiger partial charge in [-0.3, -0.25) is 24.8 Å². The Morgan fingerprint density at radius 2 is 1.97 bits per heavy atom. The third-order valence-electron chi connectivity index (χ3n) is 4.94. The Labute approximate surface area is 186 Å². The van der Waals surface area contributed by atoms with Gasteiger partial charge >= 0.3 is 5.97 Å². The van der Waals surface area contributed by atoms with Crippen LogP contribution in [-0.4, -0.2) is 55.3 Å². The first kappa shape index (κ1) is 21.4. The number of thioether (sulfide) groups is 1. The van der Waals surface area contributed by atoms with Gasteiger partial charge < -0.3 is 14.9 Å². The fourth-order valence-electron chi connectivity index (χ4n) is 3.27. The number of ether oxygens (including phenoxy) is 1. The van der Waals surface area contributed by atoms with Gasteiger partial charge in [-0.2, -0.15) is 0 Å². The van der Waals surface area contributed by atoms with Crippen molar-refractivity contribution in [2.75, 3.05) is 5.75 Å². The molecule has 2 aliphatic heterocycles. The number of carbonyl (C=O) groups excluding carboxylic acids is 2. The second kappa shape index (κ2) is 8.71. The molecule has 2 aromatic carbocycles. The standard InChI is InChI=1S/C21H17N3O7S/c25-15-4-2-1-3-13(15)9-22-17-19(27)23-18(16(26)11-32-20(17)23)21(28)31-10-12-5-7-14(8-6-12)24(29)30/h1-9,17,20,25-26H,10-11H2/b22-9+/t17?,20-/m1/s1. The zero-order chi connectivity index (χ0) is 22.8. The minimum absolute atomic E-state index is 0.0317. The Morgan fingerprint density at radius 1 is 1.25 bits per heavy atom. The third-order valence-corrected chi connectivity index (χ3v) is 6.19. The lowest BCUT2D eigenvalue weighted by atomic mass is 10.1. The lowest BCUT2D eigenvalue weighted by Gasteiger charge is -2.47. The van der Waals surface area contributed by atoms with E-state index < -0.39 is 28.2 Å². The van der Waals surface area contributed by atoms with Crippen molar-refractivity contribution in [1.29, 1.82) is 0 Å². The molecule has 1 saturated heterocycles. The van der Waals surface area contributed by atoms with Crippen LogP contribution in [0.3, 0.4) is 0 Å². The summed E-state index contributed by atoms with van der Waals surface area (Å²) >= 11 is 1.26. The SMILES string of the molecule is O=C(OCc1ccc([N+](=O)[O-])cc1)C1=C(O)CS[C@@H]2C(/N=C/c3ccccc3O)C(=O)N12. The summed E-state index contributed by atoms with van der Waals surface area (Å²) in [5.41, 5.74) is 0.662. The second-order valence-electron chi connectivity index (χ2n) is 6.99. The Hall–Kier alpha value is -3.86. The van der Waals surface area contributed by atoms with Gasteiger partial charge in [0, 0.05) is 23.9 Å². The summed E-state index contributed by atoms with van der Waals surface area (Å²) in [5, 5.41) is 30.3. The molecule has 164 valence electrons. The Balaban J connectivity index is 1.43. The Morgan fingerprint density at radius 3 is 2.66 bits per heavy atom. The van der Waals surface area contributed by atoms with E-state index in [1.54, 1.807) is 18.2 Å². The monoisotopic (exact) mass is 455 g/mol. The molecule has 0 saturated carbocycles. The molecule has 4 rings (SSSR count). The second-order valence-corrected chi connectivity index (χ2v) is 8.09. The van der Waals surface area contributed by atoms with Crippen molar-refractivity contribution >= 4 is 35.5 Å². The fourth-order valence-corrected chi connectivity index (χ4v) is 4.46. The molecule has 32 heavy (non-hydrogen) atoms. The number of phenols is 1. The quantitative estimate of drug-likeness (QED) is 0.222. The number of aliphatic hydroxyl groups excluding tert-OH is 1. The molecule has 2 atom stereocenters. The van der Waals surface area contributed by atoms with Crippen molar-refractivity contribution < 1.29 is 29.5 Å². The van der Waals surface area contributed by atoms with E-state index in [0.717, 1.165) is 4.90 Å². The van der Waals surface area contributed by atoms with Gasteiger partial charge in [-0.05, 0) is 29.8 Å². The van der Waals surface area contributed by atoms with Crippen LogP contribution in [0, 0.1) is 10.1 Å². The van der Waals surface area contributed by atoms with E-state index in [1.807, 2.05) is 0 Å². The number of hydrogen-bond donors (Lipinski definition) is 2. The number of para-hydroxylation sites is 1. The molecule has 2 heterocycles. The number of esters is 1. The van der Waals surface area contributed by atoms with Crippen LogP contribution in [-0.2, 0) is 20.9 Å². The summed E-state index contributed by atoms with van der Waals surface area (Å²) in [4.78, 5) is 40.9. The summed E-state index contributed by atoms with van der Waals surface area (Å²) in [6, 6.07) is 11.3. The highest BCUT2D eigenvalue weighted by Crippen LogP contribution is 2.41. The highest BCUT2D eigenvalue weighted by Gasteiger charge is 2.54. The molecule has 1 unspecified atom stereocenters. The maximum absolute atomic E-state index is 12.7. The predicted octanol–water partition coefficient (Wildman–Crippen LogP) is 2.52. The minimum atomic E-state index is -0.873. The van der Waals surface area contributed by atoms with E-state index in [0.29, 0.717) is 11.1 Å². The lowest BCUT2D eigenvalue weighted by molar-refractivity contribution is -0.384. The maximum atomic E-state index is 12.7. The number of β-lactam (4-membered cyclic amide) rings is 1. The van der Waals surface area contributed by atoms with E-state index in [1.165, 1.54) is 48.3 Å². The number of amides is 1.